The summed E-state index contributed by atoms with van der Waals surface area (Å²) in [5.41, 5.74) is 0.206. The molecule has 8 rings (SSSR count). The van der Waals surface area contributed by atoms with Crippen LogP contribution in [0.1, 0.15) is 26.2 Å². The second kappa shape index (κ2) is 17.9. The van der Waals surface area contributed by atoms with E-state index < -0.39 is 34.4 Å². The third-order valence-corrected chi connectivity index (χ3v) is 11.5. The molecule has 17 heteroatoms. The largest absolute Gasteiger partial charge is 0.486 e. The van der Waals surface area contributed by atoms with Gasteiger partial charge in [-0.2, -0.15) is 19.6 Å². The van der Waals surface area contributed by atoms with Crippen LogP contribution in [0.2, 0.25) is 0 Å². The first kappa shape index (κ1) is 41.2. The summed E-state index contributed by atoms with van der Waals surface area (Å²) in [7, 11) is 4.09. The molecule has 4 aromatic rings. The first-order valence-electron chi connectivity index (χ1n) is 19.8. The zero-order chi connectivity index (χ0) is 41.1. The Morgan fingerprint density at radius 2 is 0.983 bits per heavy atom. The standard InChI is InChI=1S/C21H26F2N4O2.C20H24F2N4O3/c1-3-14-8-15(14)13-29-20-19(26-6-4-25(2)5-7-26)12-24-27(21(20)28)18-10-16(22)9-17(23)11-18;1-24-2-4-25(5-3-24)18-10-23-26(17-8-15(21)7-16(22)9-17)20(28)19(18)29-12-14-6-13(14)11-27/h9-12,14-15H,3-8,13H2,1-2H3;7-10,13-14,27H,2-6,11-12H2,1H3/t14-,15+;13-,14-/m01/s1. The summed E-state index contributed by atoms with van der Waals surface area (Å²) >= 11 is 0. The predicted octanol–water partition coefficient (Wildman–Crippen LogP) is 3.96. The fraction of sp³-hybridized carbons (Fsp3) is 0.512. The minimum atomic E-state index is -0.789. The van der Waals surface area contributed by atoms with E-state index in [0.717, 1.165) is 117 Å². The van der Waals surface area contributed by atoms with Crippen LogP contribution in [0.3, 0.4) is 0 Å². The third-order valence-electron chi connectivity index (χ3n) is 11.5. The van der Waals surface area contributed by atoms with Gasteiger partial charge in [0, 0.05) is 71.1 Å². The third kappa shape index (κ3) is 9.64. The van der Waals surface area contributed by atoms with Crippen LogP contribution in [0, 0.1) is 46.9 Å². The number of rotatable bonds is 12. The second-order valence-corrected chi connectivity index (χ2v) is 15.7. The zero-order valence-corrected chi connectivity index (χ0v) is 33.0. The summed E-state index contributed by atoms with van der Waals surface area (Å²) in [4.78, 5) is 34.9. The van der Waals surface area contributed by atoms with Gasteiger partial charge in [0.15, 0.2) is 0 Å². The minimum absolute atomic E-state index is 0.00179. The Balaban J connectivity index is 0.000000177. The lowest BCUT2D eigenvalue weighted by atomic mass is 10.2. The molecule has 0 amide bonds. The average Bonchev–Trinajstić information content (AvgIpc) is 4.13. The van der Waals surface area contributed by atoms with Crippen LogP contribution in [-0.2, 0) is 0 Å². The van der Waals surface area contributed by atoms with E-state index in [-0.39, 0.29) is 41.3 Å². The number of likely N-dealkylation sites (N-methyl/N-ethyl adjacent to an activating group) is 2. The first-order chi connectivity index (χ1) is 27.9. The van der Waals surface area contributed by atoms with Gasteiger partial charge in [0.1, 0.15) is 34.6 Å². The van der Waals surface area contributed by atoms with Crippen molar-refractivity contribution in [3.05, 3.63) is 92.8 Å². The predicted molar refractivity (Wildman–Crippen MR) is 210 cm³/mol. The van der Waals surface area contributed by atoms with Crippen LogP contribution in [0.15, 0.2) is 58.4 Å². The number of ether oxygens (including phenoxy) is 2. The summed E-state index contributed by atoms with van der Waals surface area (Å²) in [5, 5.41) is 17.6. The van der Waals surface area contributed by atoms with Gasteiger partial charge in [-0.05, 0) is 74.9 Å². The highest BCUT2D eigenvalue weighted by atomic mass is 19.1. The number of piperazine rings is 2. The van der Waals surface area contributed by atoms with Crippen LogP contribution >= 0.6 is 0 Å². The fourth-order valence-electron chi connectivity index (χ4n) is 7.50. The molecule has 4 fully saturated rings. The molecule has 4 aliphatic rings. The molecule has 2 aliphatic heterocycles. The summed E-state index contributed by atoms with van der Waals surface area (Å²) in [6.07, 6.45) is 6.14. The molecular weight excluding hydrogens is 760 g/mol. The maximum Gasteiger partial charge on any atom is 0.316 e. The molecule has 4 heterocycles. The van der Waals surface area contributed by atoms with Crippen molar-refractivity contribution in [2.45, 2.75) is 26.2 Å². The van der Waals surface area contributed by atoms with E-state index in [9.17, 15) is 32.3 Å². The lowest BCUT2D eigenvalue weighted by Gasteiger charge is -2.34. The lowest BCUT2D eigenvalue weighted by molar-refractivity contribution is 0.240. The van der Waals surface area contributed by atoms with Crippen LogP contribution < -0.4 is 30.4 Å². The highest BCUT2D eigenvalue weighted by Crippen LogP contribution is 2.42. The van der Waals surface area contributed by atoms with E-state index in [1.807, 2.05) is 11.9 Å². The second-order valence-electron chi connectivity index (χ2n) is 15.7. The van der Waals surface area contributed by atoms with Crippen LogP contribution in [0.4, 0.5) is 28.9 Å². The van der Waals surface area contributed by atoms with Crippen molar-refractivity contribution in [1.29, 1.82) is 0 Å². The van der Waals surface area contributed by atoms with Crippen molar-refractivity contribution in [3.8, 4) is 22.9 Å². The molecule has 0 bridgehead atoms. The summed E-state index contributed by atoms with van der Waals surface area (Å²) in [5.74, 6) is -1.28. The molecule has 2 aromatic heterocycles. The number of hydrogen-bond acceptors (Lipinski definition) is 11. The van der Waals surface area contributed by atoms with Crippen LogP contribution in [0.5, 0.6) is 11.5 Å². The van der Waals surface area contributed by atoms with Crippen molar-refractivity contribution in [2.24, 2.45) is 23.7 Å². The number of nitrogens with zero attached hydrogens (tertiary/aromatic N) is 8. The molecular formula is C41H50F4N8O5. The maximum absolute atomic E-state index is 13.7. The molecule has 0 radical (unpaired) electrons. The summed E-state index contributed by atoms with van der Waals surface area (Å²) in [6.45, 7) is 9.40. The first-order valence-corrected chi connectivity index (χ1v) is 19.8. The monoisotopic (exact) mass is 810 g/mol. The van der Waals surface area contributed by atoms with Crippen molar-refractivity contribution in [1.82, 2.24) is 29.4 Å². The molecule has 2 aromatic carbocycles. The smallest absolute Gasteiger partial charge is 0.316 e. The number of benzene rings is 2. The molecule has 13 nitrogen and oxygen atoms in total. The van der Waals surface area contributed by atoms with Gasteiger partial charge in [0.2, 0.25) is 11.5 Å². The number of aliphatic hydroxyl groups excluding tert-OH is 1. The van der Waals surface area contributed by atoms with Crippen molar-refractivity contribution in [2.75, 3.05) is 96.1 Å². The Morgan fingerprint density at radius 3 is 1.33 bits per heavy atom. The van der Waals surface area contributed by atoms with Gasteiger partial charge < -0.3 is 34.2 Å². The quantitative estimate of drug-likeness (QED) is 0.210. The van der Waals surface area contributed by atoms with Gasteiger partial charge in [0.25, 0.3) is 0 Å². The SMILES string of the molecule is CC[C@H]1C[C@@H]1COc1c(N2CCN(C)CC2)cnn(-c2cc(F)cc(F)c2)c1=O.CN1CCN(c2cnn(-c3cc(F)cc(F)c3)c(=O)c2OC[C@H]2C[C@@H]2CO)CC1. The molecule has 4 atom stereocenters. The number of hydrogen-bond donors (Lipinski definition) is 1. The van der Waals surface area contributed by atoms with Crippen molar-refractivity contribution >= 4 is 11.4 Å². The number of aliphatic hydroxyl groups is 1. The van der Waals surface area contributed by atoms with Crippen LogP contribution in [0.25, 0.3) is 11.4 Å². The molecule has 0 spiro atoms. The van der Waals surface area contributed by atoms with Crippen molar-refractivity contribution in [3.63, 3.8) is 0 Å². The minimum Gasteiger partial charge on any atom is -0.486 e. The number of aromatic nitrogens is 4. The number of anilines is 2. The molecule has 2 saturated carbocycles. The fourth-order valence-corrected chi connectivity index (χ4v) is 7.50. The van der Waals surface area contributed by atoms with E-state index in [4.69, 9.17) is 9.47 Å². The van der Waals surface area contributed by atoms with E-state index in [1.54, 1.807) is 6.20 Å². The van der Waals surface area contributed by atoms with Gasteiger partial charge in [0.05, 0.1) is 37.0 Å². The van der Waals surface area contributed by atoms with Gasteiger partial charge in [-0.15, -0.1) is 0 Å². The average molecular weight is 811 g/mol. The maximum atomic E-state index is 13.7. The zero-order valence-electron chi connectivity index (χ0n) is 33.0. The molecule has 2 aliphatic carbocycles. The Morgan fingerprint density at radius 1 is 0.603 bits per heavy atom. The normalized spacial score (nSPS) is 22.0. The molecule has 0 unspecified atom stereocenters. The van der Waals surface area contributed by atoms with Crippen LogP contribution in [-0.4, -0.2) is 121 Å². The van der Waals surface area contributed by atoms with Gasteiger partial charge >= 0.3 is 11.1 Å². The van der Waals surface area contributed by atoms with E-state index >= 15 is 0 Å². The summed E-state index contributed by atoms with van der Waals surface area (Å²) < 4.78 is 68.5. The lowest BCUT2D eigenvalue weighted by Crippen LogP contribution is -2.45. The van der Waals surface area contributed by atoms with Crippen molar-refractivity contribution < 1.29 is 32.1 Å². The number of halogens is 4. The van der Waals surface area contributed by atoms with E-state index in [2.05, 4.69) is 38.9 Å². The Labute approximate surface area is 334 Å². The molecule has 312 valence electrons. The molecule has 1 N–H and O–H groups in total. The van der Waals surface area contributed by atoms with Gasteiger partial charge in [-0.25, -0.2) is 17.6 Å². The highest BCUT2D eigenvalue weighted by molar-refractivity contribution is 5.58. The van der Waals surface area contributed by atoms with Gasteiger partial charge in [-0.3, -0.25) is 9.59 Å². The Hall–Kier alpha value is -5.00. The van der Waals surface area contributed by atoms with Gasteiger partial charge in [-0.1, -0.05) is 13.3 Å². The summed E-state index contributed by atoms with van der Waals surface area (Å²) in [6, 6.07) is 5.80. The van der Waals surface area contributed by atoms with E-state index in [0.29, 0.717) is 36.4 Å². The topological polar surface area (TPSA) is 121 Å². The van der Waals surface area contributed by atoms with E-state index in [1.165, 1.54) is 6.20 Å². The molecule has 58 heavy (non-hydrogen) atoms. The molecule has 2 saturated heterocycles. The Kier molecular flexibility index (Phi) is 12.7. The Bertz CT molecular complexity index is 2000. The highest BCUT2D eigenvalue weighted by Gasteiger charge is 2.38.